The molecule has 3 rings (SSSR count). The molecule has 1 saturated carbocycles. The lowest BCUT2D eigenvalue weighted by Crippen LogP contribution is -2.18. The highest BCUT2D eigenvalue weighted by molar-refractivity contribution is 8.00. The van der Waals surface area contributed by atoms with Crippen molar-refractivity contribution in [1.82, 2.24) is 4.98 Å². The topological polar surface area (TPSA) is 137 Å². The number of nitrogens with one attached hydrogen (secondary N) is 1. The van der Waals surface area contributed by atoms with E-state index in [1.807, 2.05) is 0 Å². The molecule has 0 unspecified atom stereocenters. The Balaban J connectivity index is 1.60. The van der Waals surface area contributed by atoms with E-state index in [4.69, 9.17) is 10.5 Å². The number of thioether (sulfide) groups is 1. The van der Waals surface area contributed by atoms with Crippen molar-refractivity contribution in [3.05, 3.63) is 52.2 Å². The first kappa shape index (κ1) is 22.5. The Morgan fingerprint density at radius 2 is 2.03 bits per heavy atom. The summed E-state index contributed by atoms with van der Waals surface area (Å²) in [5.41, 5.74) is 4.94. The maximum Gasteiger partial charge on any atom is 0.283 e. The molecule has 0 atom stereocenters. The van der Waals surface area contributed by atoms with Crippen molar-refractivity contribution in [3.63, 3.8) is 0 Å². The minimum atomic E-state index is -0.756. The van der Waals surface area contributed by atoms with Crippen LogP contribution in [-0.2, 0) is 4.79 Å². The number of ether oxygens (including phenoxy) is 1. The van der Waals surface area contributed by atoms with Crippen LogP contribution < -0.4 is 15.8 Å². The Morgan fingerprint density at radius 1 is 1.26 bits per heavy atom. The maximum atomic E-state index is 12.4. The van der Waals surface area contributed by atoms with E-state index < -0.39 is 10.8 Å². The number of hydrogen-bond donors (Lipinski definition) is 2. The molecule has 164 valence electrons. The van der Waals surface area contributed by atoms with Crippen LogP contribution in [0.5, 0.6) is 5.75 Å². The van der Waals surface area contributed by atoms with E-state index >= 15 is 0 Å². The molecule has 1 aliphatic rings. The summed E-state index contributed by atoms with van der Waals surface area (Å²) in [5.74, 6) is 0.130. The molecule has 0 spiro atoms. The van der Waals surface area contributed by atoms with Crippen molar-refractivity contribution in [2.75, 3.05) is 17.7 Å². The van der Waals surface area contributed by atoms with E-state index in [2.05, 4.69) is 10.3 Å². The number of aromatic nitrogens is 1. The minimum absolute atomic E-state index is 0.0359. The molecular weight excluding hydrogens is 420 g/mol. The first-order valence-corrected chi connectivity index (χ1v) is 11.0. The van der Waals surface area contributed by atoms with Gasteiger partial charge < -0.3 is 15.8 Å². The Kier molecular flexibility index (Phi) is 7.82. The Morgan fingerprint density at radius 3 is 2.74 bits per heavy atom. The van der Waals surface area contributed by atoms with E-state index in [9.17, 15) is 19.7 Å². The fraction of sp³-hybridized carbons (Fsp3) is 0.381. The lowest BCUT2D eigenvalue weighted by Gasteiger charge is -2.22. The zero-order chi connectivity index (χ0) is 22.2. The molecule has 1 aromatic heterocycles. The van der Waals surface area contributed by atoms with Gasteiger partial charge in [-0.2, -0.15) is 0 Å². The van der Waals surface area contributed by atoms with Gasteiger partial charge >= 0.3 is 0 Å². The quantitative estimate of drug-likeness (QED) is 0.341. The van der Waals surface area contributed by atoms with Crippen molar-refractivity contribution in [2.45, 2.75) is 37.0 Å². The number of nitrogens with zero attached hydrogens (tertiary/aromatic N) is 2. The summed E-state index contributed by atoms with van der Waals surface area (Å²) in [5, 5.41) is 14.0. The van der Waals surface area contributed by atoms with Crippen LogP contribution in [0.15, 0.2) is 41.4 Å². The van der Waals surface area contributed by atoms with Crippen LogP contribution in [0.2, 0.25) is 0 Å². The highest BCUT2D eigenvalue weighted by atomic mass is 32.2. The molecule has 0 aliphatic heterocycles. The van der Waals surface area contributed by atoms with Gasteiger partial charge in [0.25, 0.3) is 5.69 Å². The smallest absolute Gasteiger partial charge is 0.283 e. The van der Waals surface area contributed by atoms with Gasteiger partial charge in [0.15, 0.2) is 11.6 Å². The number of hydrogen-bond acceptors (Lipinski definition) is 7. The first-order valence-electron chi connectivity index (χ1n) is 10.0. The molecule has 10 heteroatoms. The summed E-state index contributed by atoms with van der Waals surface area (Å²) in [6, 6.07) is 7.41. The molecule has 0 saturated heterocycles. The van der Waals surface area contributed by atoms with Gasteiger partial charge in [-0.25, -0.2) is 4.98 Å². The zero-order valence-corrected chi connectivity index (χ0v) is 17.7. The molecule has 0 bridgehead atoms. The van der Waals surface area contributed by atoms with Gasteiger partial charge in [-0.1, -0.05) is 19.3 Å². The van der Waals surface area contributed by atoms with Crippen LogP contribution in [0.1, 0.15) is 42.5 Å². The van der Waals surface area contributed by atoms with Crippen molar-refractivity contribution < 1.29 is 19.2 Å². The fourth-order valence-electron chi connectivity index (χ4n) is 3.41. The third kappa shape index (κ3) is 6.42. The van der Waals surface area contributed by atoms with E-state index in [0.29, 0.717) is 24.1 Å². The number of anilines is 1. The van der Waals surface area contributed by atoms with E-state index in [-0.39, 0.29) is 27.8 Å². The molecule has 2 amide bonds. The van der Waals surface area contributed by atoms with Gasteiger partial charge in [-0.15, -0.1) is 11.8 Å². The Bertz CT molecular complexity index is 963. The van der Waals surface area contributed by atoms with Crippen molar-refractivity contribution in [2.24, 2.45) is 11.7 Å². The zero-order valence-electron chi connectivity index (χ0n) is 16.9. The number of nitrogens with two attached hydrogens (primary N) is 1. The fourth-order valence-corrected chi connectivity index (χ4v) is 4.21. The van der Waals surface area contributed by atoms with Crippen LogP contribution in [0.3, 0.4) is 0 Å². The second-order valence-electron chi connectivity index (χ2n) is 7.31. The number of primary amides is 1. The van der Waals surface area contributed by atoms with Gasteiger partial charge in [0.05, 0.1) is 22.2 Å². The number of pyridine rings is 1. The Hall–Kier alpha value is -3.14. The number of nitro groups is 1. The lowest BCUT2D eigenvalue weighted by molar-refractivity contribution is -0.387. The molecule has 1 aliphatic carbocycles. The summed E-state index contributed by atoms with van der Waals surface area (Å²) < 4.78 is 5.91. The van der Waals surface area contributed by atoms with Gasteiger partial charge in [-0.3, -0.25) is 19.7 Å². The monoisotopic (exact) mass is 444 g/mol. The summed E-state index contributed by atoms with van der Waals surface area (Å²) in [6.07, 6.45) is 7.55. The third-order valence-electron chi connectivity index (χ3n) is 5.03. The summed E-state index contributed by atoms with van der Waals surface area (Å²) in [6.45, 7) is 0.585. The SMILES string of the molecule is NC(=O)c1ccc(SCC(=O)Nc2ncccc2OCC2CCCCC2)c([N+](=O)[O-])c1. The van der Waals surface area contributed by atoms with Crippen molar-refractivity contribution in [3.8, 4) is 5.75 Å². The van der Waals surface area contributed by atoms with Gasteiger partial charge in [0.1, 0.15) is 0 Å². The molecule has 1 fully saturated rings. The highest BCUT2D eigenvalue weighted by Crippen LogP contribution is 2.31. The lowest BCUT2D eigenvalue weighted by atomic mass is 9.90. The van der Waals surface area contributed by atoms with E-state index in [1.54, 1.807) is 18.3 Å². The first-order chi connectivity index (χ1) is 14.9. The molecule has 9 nitrogen and oxygen atoms in total. The van der Waals surface area contributed by atoms with Crippen LogP contribution in [0, 0.1) is 16.0 Å². The van der Waals surface area contributed by atoms with Gasteiger partial charge in [0.2, 0.25) is 11.8 Å². The minimum Gasteiger partial charge on any atom is -0.489 e. The number of carbonyl (C=O) groups excluding carboxylic acids is 2. The average Bonchev–Trinajstić information content (AvgIpc) is 2.77. The maximum absolute atomic E-state index is 12.4. The predicted octanol–water partition coefficient (Wildman–Crippen LogP) is 3.78. The second-order valence-corrected chi connectivity index (χ2v) is 8.32. The molecule has 1 aromatic carbocycles. The Labute approximate surface area is 183 Å². The van der Waals surface area contributed by atoms with Crippen LogP contribution >= 0.6 is 11.8 Å². The van der Waals surface area contributed by atoms with Gasteiger partial charge in [-0.05, 0) is 43.0 Å². The van der Waals surface area contributed by atoms with Crippen LogP contribution in [-0.4, -0.2) is 34.1 Å². The summed E-state index contributed by atoms with van der Waals surface area (Å²) in [7, 11) is 0. The summed E-state index contributed by atoms with van der Waals surface area (Å²) >= 11 is 0.991. The van der Waals surface area contributed by atoms with Crippen molar-refractivity contribution >= 4 is 35.1 Å². The van der Waals surface area contributed by atoms with E-state index in [1.165, 1.54) is 31.4 Å². The number of benzene rings is 1. The second kappa shape index (κ2) is 10.8. The van der Waals surface area contributed by atoms with Crippen LogP contribution in [0.25, 0.3) is 0 Å². The molecular formula is C21H24N4O5S. The highest BCUT2D eigenvalue weighted by Gasteiger charge is 2.19. The molecule has 2 aromatic rings. The molecule has 31 heavy (non-hydrogen) atoms. The number of rotatable bonds is 9. The van der Waals surface area contributed by atoms with Crippen molar-refractivity contribution in [1.29, 1.82) is 0 Å². The van der Waals surface area contributed by atoms with E-state index in [0.717, 1.165) is 30.7 Å². The average molecular weight is 445 g/mol. The third-order valence-corrected chi connectivity index (χ3v) is 6.09. The molecule has 0 radical (unpaired) electrons. The molecule has 1 heterocycles. The number of carbonyl (C=O) groups is 2. The molecule has 3 N–H and O–H groups in total. The number of nitro benzene ring substituents is 1. The van der Waals surface area contributed by atoms with Gasteiger partial charge in [0, 0.05) is 17.8 Å². The standard InChI is InChI=1S/C21H24N4O5S/c22-20(27)15-8-9-18(16(11-15)25(28)29)31-13-19(26)24-21-17(7-4-10-23-21)30-12-14-5-2-1-3-6-14/h4,7-11,14H,1-3,5-6,12-13H2,(H2,22,27)(H,23,24,26). The van der Waals surface area contributed by atoms with Crippen LogP contribution in [0.4, 0.5) is 11.5 Å². The normalized spacial score (nSPS) is 14.1. The summed E-state index contributed by atoms with van der Waals surface area (Å²) in [4.78, 5) is 38.8. The predicted molar refractivity (Wildman–Crippen MR) is 117 cm³/mol. The number of amides is 2. The largest absolute Gasteiger partial charge is 0.489 e.